The second-order valence-corrected chi connectivity index (χ2v) is 6.68. The van der Waals surface area contributed by atoms with Crippen molar-refractivity contribution < 1.29 is 9.84 Å². The third kappa shape index (κ3) is 3.62. The molecule has 0 radical (unpaired) electrons. The average Bonchev–Trinajstić information content (AvgIpc) is 3.14. The highest BCUT2D eigenvalue weighted by Gasteiger charge is 2.26. The smallest absolute Gasteiger partial charge is 0.127 e. The van der Waals surface area contributed by atoms with Crippen LogP contribution in [-0.2, 0) is 0 Å². The number of rotatable bonds is 4. The van der Waals surface area contributed by atoms with Crippen molar-refractivity contribution in [2.75, 3.05) is 18.1 Å². The van der Waals surface area contributed by atoms with Crippen LogP contribution in [0.4, 0.5) is 5.69 Å². The summed E-state index contributed by atoms with van der Waals surface area (Å²) in [4.78, 5) is 2.28. The fraction of sp³-hybridized carbons (Fsp3) is 0.143. The predicted octanol–water partition coefficient (Wildman–Crippen LogP) is 4.95. The van der Waals surface area contributed by atoms with Crippen molar-refractivity contribution in [1.29, 1.82) is 0 Å². The second kappa shape index (κ2) is 7.28. The molecule has 0 amide bonds. The first-order valence-corrected chi connectivity index (χ1v) is 8.86. The van der Waals surface area contributed by atoms with Crippen LogP contribution in [0.3, 0.4) is 0 Å². The Bertz CT molecular complexity index is 881. The molecule has 0 aromatic heterocycles. The number of nitrogens with one attached hydrogen (secondary N) is 1. The van der Waals surface area contributed by atoms with Crippen molar-refractivity contribution in [2.24, 2.45) is 0 Å². The minimum atomic E-state index is 0.185. The summed E-state index contributed by atoms with van der Waals surface area (Å²) in [7, 11) is 0. The van der Waals surface area contributed by atoms with Gasteiger partial charge in [-0.05, 0) is 66.2 Å². The maximum atomic E-state index is 9.76. The van der Waals surface area contributed by atoms with E-state index in [0.29, 0.717) is 10.8 Å². The number of hydrogen-bond donors (Lipinski definition) is 2. The number of benzene rings is 3. The van der Waals surface area contributed by atoms with E-state index < -0.39 is 0 Å². The molecule has 1 fully saturated rings. The Hall–Kier alpha value is -2.69. The van der Waals surface area contributed by atoms with Gasteiger partial charge in [0.25, 0.3) is 0 Å². The normalized spacial score (nSPS) is 16.7. The summed E-state index contributed by atoms with van der Waals surface area (Å²) in [5, 5.41) is 13.8. The molecule has 4 rings (SSSR count). The van der Waals surface area contributed by atoms with E-state index in [1.165, 1.54) is 0 Å². The van der Waals surface area contributed by atoms with Crippen molar-refractivity contribution >= 4 is 17.3 Å². The molecule has 1 heterocycles. The average molecular weight is 367 g/mol. The molecule has 1 atom stereocenters. The summed E-state index contributed by atoms with van der Waals surface area (Å²) >= 11 is 5.90. The van der Waals surface area contributed by atoms with Gasteiger partial charge in [0.1, 0.15) is 17.2 Å². The summed E-state index contributed by atoms with van der Waals surface area (Å²) in [6.45, 7) is 1.60. The van der Waals surface area contributed by atoms with E-state index in [0.717, 1.165) is 36.0 Å². The van der Waals surface area contributed by atoms with E-state index in [-0.39, 0.29) is 6.04 Å². The largest absolute Gasteiger partial charge is 0.508 e. The van der Waals surface area contributed by atoms with E-state index in [1.807, 2.05) is 54.6 Å². The Morgan fingerprint density at radius 1 is 0.962 bits per heavy atom. The minimum Gasteiger partial charge on any atom is -0.508 e. The lowest BCUT2D eigenvalue weighted by Crippen LogP contribution is -2.24. The van der Waals surface area contributed by atoms with E-state index in [9.17, 15) is 5.11 Å². The van der Waals surface area contributed by atoms with Crippen LogP contribution >= 0.6 is 11.6 Å². The Morgan fingerprint density at radius 3 is 2.35 bits per heavy atom. The fourth-order valence-corrected chi connectivity index (χ4v) is 3.31. The first kappa shape index (κ1) is 16.8. The van der Waals surface area contributed by atoms with E-state index in [1.54, 1.807) is 18.2 Å². The molecule has 0 spiro atoms. The topological polar surface area (TPSA) is 44.7 Å². The number of phenols is 1. The van der Waals surface area contributed by atoms with Crippen molar-refractivity contribution in [1.82, 2.24) is 5.32 Å². The zero-order valence-electron chi connectivity index (χ0n) is 14.1. The van der Waals surface area contributed by atoms with Crippen LogP contribution in [0.1, 0.15) is 11.6 Å². The summed E-state index contributed by atoms with van der Waals surface area (Å²) in [6.07, 6.45) is 0. The third-order valence-electron chi connectivity index (χ3n) is 4.47. The highest BCUT2D eigenvalue weighted by atomic mass is 35.5. The second-order valence-electron chi connectivity index (χ2n) is 6.24. The molecule has 0 aliphatic carbocycles. The Balaban J connectivity index is 1.51. The van der Waals surface area contributed by atoms with Crippen LogP contribution < -0.4 is 15.0 Å². The van der Waals surface area contributed by atoms with Gasteiger partial charge >= 0.3 is 0 Å². The molecule has 5 heteroatoms. The molecule has 0 unspecified atom stereocenters. The quantitative estimate of drug-likeness (QED) is 0.686. The van der Waals surface area contributed by atoms with E-state index in [2.05, 4.69) is 10.2 Å². The van der Waals surface area contributed by atoms with Gasteiger partial charge in [-0.2, -0.15) is 0 Å². The van der Waals surface area contributed by atoms with Gasteiger partial charge < -0.3 is 14.7 Å². The maximum absolute atomic E-state index is 9.76. The monoisotopic (exact) mass is 366 g/mol. The van der Waals surface area contributed by atoms with Crippen LogP contribution in [0, 0.1) is 0 Å². The Kier molecular flexibility index (Phi) is 4.69. The van der Waals surface area contributed by atoms with Crippen molar-refractivity contribution in [3.05, 3.63) is 83.4 Å². The van der Waals surface area contributed by atoms with Gasteiger partial charge in [-0.25, -0.2) is 0 Å². The fourth-order valence-electron chi connectivity index (χ4n) is 3.19. The molecule has 1 aliphatic heterocycles. The van der Waals surface area contributed by atoms with Crippen LogP contribution in [0.15, 0.2) is 72.8 Å². The lowest BCUT2D eigenvalue weighted by atomic mass is 10.1. The van der Waals surface area contributed by atoms with Gasteiger partial charge in [-0.3, -0.25) is 5.32 Å². The van der Waals surface area contributed by atoms with Crippen LogP contribution in [0.5, 0.6) is 17.2 Å². The molecule has 3 aromatic rings. The number of ether oxygens (including phenoxy) is 1. The number of halogens is 1. The van der Waals surface area contributed by atoms with Crippen LogP contribution in [-0.4, -0.2) is 18.3 Å². The molecule has 132 valence electrons. The van der Waals surface area contributed by atoms with Gasteiger partial charge in [0.2, 0.25) is 0 Å². The molecular formula is C21H19ClN2O2. The molecule has 1 aliphatic rings. The SMILES string of the molecule is Oc1cccc([C@H]2CNCN2c2ccc(Oc3ccc(Cl)cc3)cc2)c1. The van der Waals surface area contributed by atoms with Crippen LogP contribution in [0.25, 0.3) is 0 Å². The molecule has 3 aromatic carbocycles. The van der Waals surface area contributed by atoms with Gasteiger partial charge in [0, 0.05) is 17.3 Å². The molecule has 2 N–H and O–H groups in total. The molecule has 26 heavy (non-hydrogen) atoms. The first-order chi connectivity index (χ1) is 12.7. The standard InChI is InChI=1S/C21H19ClN2O2/c22-16-4-8-19(9-5-16)26-20-10-6-17(7-11-20)24-14-23-13-21(24)15-2-1-3-18(25)12-15/h1-12,21,23,25H,13-14H2/t21-/m1/s1. The third-order valence-corrected chi connectivity index (χ3v) is 4.72. The lowest BCUT2D eigenvalue weighted by molar-refractivity contribution is 0.474. The molecule has 4 nitrogen and oxygen atoms in total. The summed E-state index contributed by atoms with van der Waals surface area (Å²) in [5.41, 5.74) is 2.20. The van der Waals surface area contributed by atoms with Gasteiger partial charge in [-0.1, -0.05) is 23.7 Å². The number of hydrogen-bond acceptors (Lipinski definition) is 4. The van der Waals surface area contributed by atoms with E-state index in [4.69, 9.17) is 16.3 Å². The zero-order valence-corrected chi connectivity index (χ0v) is 14.9. The number of nitrogens with zero attached hydrogens (tertiary/aromatic N) is 1. The minimum absolute atomic E-state index is 0.185. The first-order valence-electron chi connectivity index (χ1n) is 8.49. The predicted molar refractivity (Wildman–Crippen MR) is 104 cm³/mol. The zero-order chi connectivity index (χ0) is 17.9. The highest BCUT2D eigenvalue weighted by molar-refractivity contribution is 6.30. The van der Waals surface area contributed by atoms with Gasteiger partial charge in [0.05, 0.1) is 12.7 Å². The van der Waals surface area contributed by atoms with Crippen LogP contribution in [0.2, 0.25) is 5.02 Å². The Labute approximate surface area is 157 Å². The highest BCUT2D eigenvalue weighted by Crippen LogP contribution is 2.32. The summed E-state index contributed by atoms with van der Waals surface area (Å²) in [5.74, 6) is 1.82. The van der Waals surface area contributed by atoms with Crippen molar-refractivity contribution in [3.8, 4) is 17.2 Å². The van der Waals surface area contributed by atoms with E-state index >= 15 is 0 Å². The molecule has 0 saturated carbocycles. The summed E-state index contributed by atoms with van der Waals surface area (Å²) in [6, 6.07) is 22.9. The number of aromatic hydroxyl groups is 1. The van der Waals surface area contributed by atoms with Gasteiger partial charge in [-0.15, -0.1) is 0 Å². The molecular weight excluding hydrogens is 348 g/mol. The Morgan fingerprint density at radius 2 is 1.65 bits per heavy atom. The molecule has 0 bridgehead atoms. The van der Waals surface area contributed by atoms with Crippen molar-refractivity contribution in [2.45, 2.75) is 6.04 Å². The van der Waals surface area contributed by atoms with Gasteiger partial charge in [0.15, 0.2) is 0 Å². The number of phenolic OH excluding ortho intramolecular Hbond substituents is 1. The van der Waals surface area contributed by atoms with Crippen molar-refractivity contribution in [3.63, 3.8) is 0 Å². The summed E-state index contributed by atoms with van der Waals surface area (Å²) < 4.78 is 5.85. The molecule has 1 saturated heterocycles. The maximum Gasteiger partial charge on any atom is 0.127 e. The lowest BCUT2D eigenvalue weighted by Gasteiger charge is -2.26. The number of anilines is 1.